The van der Waals surface area contributed by atoms with E-state index in [0.717, 1.165) is 44.2 Å². The number of carbonyl (C=O) groups excluding carboxylic acids is 3. The van der Waals surface area contributed by atoms with E-state index in [1.165, 1.54) is 0 Å². The number of amides is 2. The van der Waals surface area contributed by atoms with Crippen LogP contribution in [0.2, 0.25) is 0 Å². The van der Waals surface area contributed by atoms with Crippen molar-refractivity contribution in [2.45, 2.75) is 78.7 Å². The lowest BCUT2D eigenvalue weighted by atomic mass is 10.0. The quantitative estimate of drug-likeness (QED) is 0.135. The maximum absolute atomic E-state index is 12.5. The Balaban J connectivity index is 1.44. The van der Waals surface area contributed by atoms with Crippen LogP contribution in [-0.2, 0) is 25.4 Å². The normalized spacial score (nSPS) is 11.3. The first-order chi connectivity index (χ1) is 20.8. The van der Waals surface area contributed by atoms with Crippen LogP contribution in [0.15, 0.2) is 30.5 Å². The number of nitrogens with zero attached hydrogens (tertiary/aromatic N) is 3. The number of carbonyl (C=O) groups is 3. The predicted molar refractivity (Wildman–Crippen MR) is 165 cm³/mol. The molecule has 11 heteroatoms. The molecule has 2 amide bonds. The Morgan fingerprint density at radius 2 is 1.30 bits per heavy atom. The molecule has 0 spiro atoms. The molecule has 11 nitrogen and oxygen atoms in total. The topological polar surface area (TPSA) is 134 Å². The highest BCUT2D eigenvalue weighted by molar-refractivity contribution is 5.98. The van der Waals surface area contributed by atoms with Gasteiger partial charge in [0.1, 0.15) is 0 Å². The maximum atomic E-state index is 12.5. The summed E-state index contributed by atoms with van der Waals surface area (Å²) in [5, 5.41) is 14.0. The van der Waals surface area contributed by atoms with Crippen LogP contribution in [0.1, 0.15) is 98.7 Å². The van der Waals surface area contributed by atoms with E-state index in [1.54, 1.807) is 24.3 Å². The van der Waals surface area contributed by atoms with Crippen molar-refractivity contribution in [2.24, 2.45) is 5.92 Å². The number of nitrogens with one attached hydrogen (secondary N) is 2. The molecule has 0 saturated carbocycles. The standard InChI is InChI=1S/C32H51N5O6/c1-25(2)31(39)33-16-18-41-20-22-43-23-21-42-19-17-34-32(40)28-14-12-27(13-15-28)30(38)11-9-7-5-6-8-10-29-24-37(26(3)4)36-35-29/h12-15,24-26H,5-11,16-23H2,1-4H3,(H,33,39)(H,34,40). The van der Waals surface area contributed by atoms with Crippen LogP contribution < -0.4 is 10.6 Å². The van der Waals surface area contributed by atoms with Gasteiger partial charge < -0.3 is 24.8 Å². The molecule has 0 aliphatic rings. The van der Waals surface area contributed by atoms with Crippen LogP contribution >= 0.6 is 0 Å². The number of rotatable bonds is 24. The molecule has 0 fully saturated rings. The number of aromatic nitrogens is 3. The van der Waals surface area contributed by atoms with Gasteiger partial charge in [-0.15, -0.1) is 5.10 Å². The minimum absolute atomic E-state index is 0.0164. The summed E-state index contributed by atoms with van der Waals surface area (Å²) in [5.74, 6) is -0.109. The lowest BCUT2D eigenvalue weighted by Gasteiger charge is -2.09. The lowest BCUT2D eigenvalue weighted by Crippen LogP contribution is -2.31. The summed E-state index contributed by atoms with van der Waals surface area (Å²) in [5.41, 5.74) is 2.19. The summed E-state index contributed by atoms with van der Waals surface area (Å²) in [4.78, 5) is 36.3. The van der Waals surface area contributed by atoms with Gasteiger partial charge in [0.05, 0.1) is 45.3 Å². The molecule has 2 aromatic rings. The Kier molecular flexibility index (Phi) is 18.0. The fourth-order valence-corrected chi connectivity index (χ4v) is 4.09. The molecule has 0 aliphatic heterocycles. The van der Waals surface area contributed by atoms with Crippen LogP contribution in [0.3, 0.4) is 0 Å². The van der Waals surface area contributed by atoms with Crippen molar-refractivity contribution in [2.75, 3.05) is 52.7 Å². The van der Waals surface area contributed by atoms with E-state index in [4.69, 9.17) is 14.2 Å². The summed E-state index contributed by atoms with van der Waals surface area (Å²) in [6, 6.07) is 7.15. The second kappa shape index (κ2) is 21.5. The van der Waals surface area contributed by atoms with Gasteiger partial charge in [-0.1, -0.05) is 50.5 Å². The fraction of sp³-hybridized carbons (Fsp3) is 0.656. The molecule has 0 bridgehead atoms. The molecular weight excluding hydrogens is 550 g/mol. The number of Topliss-reactive ketones (excluding diaryl/α,β-unsaturated/α-hetero) is 1. The number of hydrogen-bond donors (Lipinski definition) is 2. The van der Waals surface area contributed by atoms with Gasteiger partial charge in [0.2, 0.25) is 5.91 Å². The molecule has 0 aliphatic carbocycles. The highest BCUT2D eigenvalue weighted by atomic mass is 16.5. The zero-order valence-corrected chi connectivity index (χ0v) is 26.4. The highest BCUT2D eigenvalue weighted by Crippen LogP contribution is 2.13. The van der Waals surface area contributed by atoms with Gasteiger partial charge >= 0.3 is 0 Å². The Labute approximate surface area is 256 Å². The zero-order valence-electron chi connectivity index (χ0n) is 26.4. The smallest absolute Gasteiger partial charge is 0.251 e. The van der Waals surface area contributed by atoms with Gasteiger partial charge in [-0.25, -0.2) is 4.68 Å². The van der Waals surface area contributed by atoms with Gasteiger partial charge in [0.15, 0.2) is 5.78 Å². The molecule has 0 unspecified atom stereocenters. The molecule has 1 heterocycles. The van der Waals surface area contributed by atoms with Gasteiger partial charge in [-0.05, 0) is 45.2 Å². The summed E-state index contributed by atoms with van der Waals surface area (Å²) < 4.78 is 18.2. The number of benzene rings is 1. The summed E-state index contributed by atoms with van der Waals surface area (Å²) >= 11 is 0. The summed E-state index contributed by atoms with van der Waals surface area (Å²) in [6.45, 7) is 11.3. The van der Waals surface area contributed by atoms with Crippen LogP contribution in [0.4, 0.5) is 0 Å². The third kappa shape index (κ3) is 15.8. The van der Waals surface area contributed by atoms with E-state index >= 15 is 0 Å². The molecule has 0 saturated heterocycles. The number of unbranched alkanes of at least 4 members (excludes halogenated alkanes) is 4. The van der Waals surface area contributed by atoms with Crippen molar-refractivity contribution < 1.29 is 28.6 Å². The van der Waals surface area contributed by atoms with Crippen LogP contribution in [-0.4, -0.2) is 85.3 Å². The van der Waals surface area contributed by atoms with E-state index in [-0.39, 0.29) is 23.5 Å². The first-order valence-corrected chi connectivity index (χ1v) is 15.6. The van der Waals surface area contributed by atoms with E-state index < -0.39 is 0 Å². The van der Waals surface area contributed by atoms with Crippen molar-refractivity contribution in [1.82, 2.24) is 25.6 Å². The molecule has 1 aromatic heterocycles. The van der Waals surface area contributed by atoms with Crippen molar-refractivity contribution in [3.05, 3.63) is 47.3 Å². The second-order valence-corrected chi connectivity index (χ2v) is 11.1. The first-order valence-electron chi connectivity index (χ1n) is 15.6. The second-order valence-electron chi connectivity index (χ2n) is 11.1. The minimum atomic E-state index is -0.202. The number of hydrogen-bond acceptors (Lipinski definition) is 8. The molecule has 2 N–H and O–H groups in total. The van der Waals surface area contributed by atoms with Crippen molar-refractivity contribution >= 4 is 17.6 Å². The van der Waals surface area contributed by atoms with Gasteiger partial charge in [-0.3, -0.25) is 14.4 Å². The fourth-order valence-electron chi connectivity index (χ4n) is 4.09. The van der Waals surface area contributed by atoms with Crippen LogP contribution in [0, 0.1) is 5.92 Å². The summed E-state index contributed by atoms with van der Waals surface area (Å²) in [7, 11) is 0. The van der Waals surface area contributed by atoms with E-state index in [0.29, 0.717) is 76.3 Å². The van der Waals surface area contributed by atoms with Crippen LogP contribution in [0.5, 0.6) is 0 Å². The van der Waals surface area contributed by atoms with Gasteiger partial charge in [0.25, 0.3) is 5.91 Å². The van der Waals surface area contributed by atoms with E-state index in [9.17, 15) is 14.4 Å². The van der Waals surface area contributed by atoms with E-state index in [2.05, 4.69) is 34.8 Å². The van der Waals surface area contributed by atoms with Crippen molar-refractivity contribution in [1.29, 1.82) is 0 Å². The molecule has 1 aromatic carbocycles. The average Bonchev–Trinajstić information content (AvgIpc) is 3.48. The van der Waals surface area contributed by atoms with Crippen molar-refractivity contribution in [3.8, 4) is 0 Å². The molecule has 43 heavy (non-hydrogen) atoms. The third-order valence-electron chi connectivity index (χ3n) is 6.74. The zero-order chi connectivity index (χ0) is 31.3. The SMILES string of the molecule is CC(C)C(=O)NCCOCCOCCOCCNC(=O)c1ccc(C(=O)CCCCCCCc2cn(C(C)C)nn2)cc1. The number of ether oxygens (including phenoxy) is 3. The molecule has 240 valence electrons. The Bertz CT molecular complexity index is 1070. The molecule has 2 rings (SSSR count). The first kappa shape index (κ1) is 36.0. The maximum Gasteiger partial charge on any atom is 0.251 e. The third-order valence-corrected chi connectivity index (χ3v) is 6.74. The van der Waals surface area contributed by atoms with Gasteiger partial charge in [0, 0.05) is 48.8 Å². The predicted octanol–water partition coefficient (Wildman–Crippen LogP) is 4.18. The molecule has 0 atom stereocenters. The number of ketones is 1. The summed E-state index contributed by atoms with van der Waals surface area (Å²) in [6.07, 6.45) is 8.65. The van der Waals surface area contributed by atoms with Crippen LogP contribution in [0.25, 0.3) is 0 Å². The Hall–Kier alpha value is -3.15. The van der Waals surface area contributed by atoms with Gasteiger partial charge in [-0.2, -0.15) is 0 Å². The number of aryl methyl sites for hydroxylation is 1. The molecule has 0 radical (unpaired) electrons. The largest absolute Gasteiger partial charge is 0.377 e. The average molecular weight is 602 g/mol. The monoisotopic (exact) mass is 601 g/mol. The van der Waals surface area contributed by atoms with Crippen molar-refractivity contribution in [3.63, 3.8) is 0 Å². The lowest BCUT2D eigenvalue weighted by molar-refractivity contribution is -0.124. The highest BCUT2D eigenvalue weighted by Gasteiger charge is 2.09. The van der Waals surface area contributed by atoms with E-state index in [1.807, 2.05) is 24.7 Å². The molecular formula is C32H51N5O6. The minimum Gasteiger partial charge on any atom is -0.377 e. The Morgan fingerprint density at radius 3 is 1.91 bits per heavy atom. The Morgan fingerprint density at radius 1 is 0.744 bits per heavy atom.